The van der Waals surface area contributed by atoms with E-state index in [2.05, 4.69) is 28.5 Å². The number of rotatable bonds is 4. The van der Waals surface area contributed by atoms with Crippen LogP contribution < -0.4 is 5.32 Å². The van der Waals surface area contributed by atoms with E-state index < -0.39 is 11.7 Å². The highest BCUT2D eigenvalue weighted by atomic mass is 16.6. The summed E-state index contributed by atoms with van der Waals surface area (Å²) in [7, 11) is 0. The molecular formula is C17H25N3O2. The van der Waals surface area contributed by atoms with Crippen LogP contribution in [0.1, 0.15) is 52.4 Å². The molecule has 0 aromatic carbocycles. The maximum Gasteiger partial charge on any atom is 0.412 e. The molecule has 0 saturated heterocycles. The highest BCUT2D eigenvalue weighted by Crippen LogP contribution is 2.19. The van der Waals surface area contributed by atoms with Gasteiger partial charge in [-0.25, -0.2) is 9.78 Å². The van der Waals surface area contributed by atoms with Crippen LogP contribution in [0.25, 0.3) is 5.65 Å². The second-order valence-electron chi connectivity index (χ2n) is 6.38. The molecule has 0 saturated carbocycles. The van der Waals surface area contributed by atoms with Gasteiger partial charge < -0.3 is 9.14 Å². The van der Waals surface area contributed by atoms with Crippen molar-refractivity contribution in [2.45, 2.75) is 59.5 Å². The first-order valence-electron chi connectivity index (χ1n) is 7.84. The molecule has 120 valence electrons. The van der Waals surface area contributed by atoms with Gasteiger partial charge in [-0.15, -0.1) is 0 Å². The fourth-order valence-corrected chi connectivity index (χ4v) is 2.45. The summed E-state index contributed by atoms with van der Waals surface area (Å²) in [5.74, 6) is 0. The molecule has 2 heterocycles. The maximum atomic E-state index is 11.8. The molecule has 1 amide bonds. The molecule has 2 aromatic rings. The minimum Gasteiger partial charge on any atom is -0.444 e. The molecule has 22 heavy (non-hydrogen) atoms. The summed E-state index contributed by atoms with van der Waals surface area (Å²) >= 11 is 0. The summed E-state index contributed by atoms with van der Waals surface area (Å²) in [5, 5.41) is 2.75. The second-order valence-corrected chi connectivity index (χ2v) is 6.38. The van der Waals surface area contributed by atoms with Gasteiger partial charge in [0.25, 0.3) is 0 Å². The first-order chi connectivity index (χ1) is 10.3. The number of carbonyl (C=O) groups is 1. The predicted molar refractivity (Wildman–Crippen MR) is 88.4 cm³/mol. The van der Waals surface area contributed by atoms with Crippen molar-refractivity contribution in [2.75, 3.05) is 5.32 Å². The van der Waals surface area contributed by atoms with Crippen LogP contribution >= 0.6 is 0 Å². The molecule has 0 bridgehead atoms. The number of ether oxygens (including phenoxy) is 1. The molecule has 2 aromatic heterocycles. The van der Waals surface area contributed by atoms with Gasteiger partial charge >= 0.3 is 6.09 Å². The Balaban J connectivity index is 2.25. The van der Waals surface area contributed by atoms with Crippen molar-refractivity contribution in [1.82, 2.24) is 9.38 Å². The number of hydrogen-bond acceptors (Lipinski definition) is 3. The van der Waals surface area contributed by atoms with Crippen LogP contribution in [-0.2, 0) is 17.6 Å². The molecule has 1 N–H and O–H groups in total. The quantitative estimate of drug-likeness (QED) is 0.921. The van der Waals surface area contributed by atoms with Crippen LogP contribution in [0.3, 0.4) is 0 Å². The third-order valence-corrected chi connectivity index (χ3v) is 3.27. The van der Waals surface area contributed by atoms with Crippen molar-refractivity contribution in [1.29, 1.82) is 0 Å². The third-order valence-electron chi connectivity index (χ3n) is 3.27. The van der Waals surface area contributed by atoms with Crippen molar-refractivity contribution in [2.24, 2.45) is 0 Å². The molecule has 0 atom stereocenters. The van der Waals surface area contributed by atoms with Crippen molar-refractivity contribution >= 4 is 17.4 Å². The van der Waals surface area contributed by atoms with Crippen molar-refractivity contribution < 1.29 is 9.53 Å². The smallest absolute Gasteiger partial charge is 0.412 e. The first kappa shape index (κ1) is 16.3. The van der Waals surface area contributed by atoms with Crippen molar-refractivity contribution in [3.8, 4) is 0 Å². The van der Waals surface area contributed by atoms with Gasteiger partial charge in [-0.05, 0) is 39.7 Å². The lowest BCUT2D eigenvalue weighted by atomic mass is 10.2. The summed E-state index contributed by atoms with van der Waals surface area (Å²) in [4.78, 5) is 16.5. The minimum absolute atomic E-state index is 0.451. The maximum absolute atomic E-state index is 11.8. The fraction of sp³-hybridized carbons (Fsp3) is 0.529. The van der Waals surface area contributed by atoms with E-state index in [-0.39, 0.29) is 0 Å². The molecule has 0 unspecified atom stereocenters. The summed E-state index contributed by atoms with van der Waals surface area (Å²) in [5.41, 5.74) is 3.41. The summed E-state index contributed by atoms with van der Waals surface area (Å²) in [6, 6.07) is 3.75. The molecule has 5 nitrogen and oxygen atoms in total. The van der Waals surface area contributed by atoms with Crippen molar-refractivity contribution in [3.63, 3.8) is 0 Å². The Morgan fingerprint density at radius 2 is 2.09 bits per heavy atom. The van der Waals surface area contributed by atoms with Gasteiger partial charge in [-0.1, -0.05) is 20.3 Å². The fourth-order valence-electron chi connectivity index (χ4n) is 2.45. The molecule has 0 aliphatic rings. The minimum atomic E-state index is -0.509. The molecule has 5 heteroatoms. The number of nitrogens with one attached hydrogen (secondary N) is 1. The van der Waals surface area contributed by atoms with E-state index in [1.807, 2.05) is 39.1 Å². The lowest BCUT2D eigenvalue weighted by molar-refractivity contribution is 0.0636. The Morgan fingerprint density at radius 1 is 1.36 bits per heavy atom. The average molecular weight is 303 g/mol. The first-order valence-corrected chi connectivity index (χ1v) is 7.84. The van der Waals surface area contributed by atoms with Crippen LogP contribution in [0.5, 0.6) is 0 Å². The van der Waals surface area contributed by atoms with E-state index in [4.69, 9.17) is 4.74 Å². The standard InChI is InChI=1S/C17H25N3O2/c1-6-8-13-14(7-2)20-10-9-12(11-15(20)19-13)18-16(21)22-17(3,4)5/h9-11H,6-8H2,1-5H3,(H,18,21). The lowest BCUT2D eigenvalue weighted by Gasteiger charge is -2.19. The monoisotopic (exact) mass is 303 g/mol. The molecule has 2 rings (SSSR count). The van der Waals surface area contributed by atoms with Gasteiger partial charge in [0, 0.05) is 23.6 Å². The number of pyridine rings is 1. The van der Waals surface area contributed by atoms with Gasteiger partial charge in [0.05, 0.1) is 5.69 Å². The molecule has 0 aliphatic heterocycles. The Bertz CT molecular complexity index is 668. The Hall–Kier alpha value is -2.04. The molecule has 0 spiro atoms. The van der Waals surface area contributed by atoms with Gasteiger partial charge in [-0.2, -0.15) is 0 Å². The normalized spacial score (nSPS) is 11.7. The molecule has 0 radical (unpaired) electrons. The van der Waals surface area contributed by atoms with Crippen LogP contribution in [0.4, 0.5) is 10.5 Å². The third kappa shape index (κ3) is 3.78. The zero-order valence-corrected chi connectivity index (χ0v) is 14.1. The number of anilines is 1. The highest BCUT2D eigenvalue weighted by molar-refractivity contribution is 5.85. The number of aromatic nitrogens is 2. The van der Waals surface area contributed by atoms with E-state index in [1.165, 1.54) is 5.69 Å². The van der Waals surface area contributed by atoms with Crippen LogP contribution in [-0.4, -0.2) is 21.1 Å². The van der Waals surface area contributed by atoms with E-state index >= 15 is 0 Å². The number of hydrogen-bond donors (Lipinski definition) is 1. The predicted octanol–water partition coefficient (Wildman–Crippen LogP) is 4.20. The summed E-state index contributed by atoms with van der Waals surface area (Å²) in [6.45, 7) is 9.81. The van der Waals surface area contributed by atoms with Crippen LogP contribution in [0.2, 0.25) is 0 Å². The summed E-state index contributed by atoms with van der Waals surface area (Å²) in [6.07, 6.45) is 4.48. The van der Waals surface area contributed by atoms with E-state index in [0.717, 1.165) is 30.6 Å². The zero-order chi connectivity index (χ0) is 16.3. The SMILES string of the molecule is CCCc1nc2cc(NC(=O)OC(C)(C)C)ccn2c1CC. The second kappa shape index (κ2) is 6.38. The molecule has 0 aliphatic carbocycles. The van der Waals surface area contributed by atoms with Crippen LogP contribution in [0.15, 0.2) is 18.3 Å². The van der Waals surface area contributed by atoms with Gasteiger partial charge in [0.15, 0.2) is 0 Å². The largest absolute Gasteiger partial charge is 0.444 e. The number of aryl methyl sites for hydroxylation is 2. The molecular weight excluding hydrogens is 278 g/mol. The lowest BCUT2D eigenvalue weighted by Crippen LogP contribution is -2.27. The van der Waals surface area contributed by atoms with Gasteiger partial charge in [0.1, 0.15) is 11.2 Å². The Labute approximate surface area is 131 Å². The van der Waals surface area contributed by atoms with Gasteiger partial charge in [-0.3, -0.25) is 5.32 Å². The molecule has 0 fully saturated rings. The number of amides is 1. The van der Waals surface area contributed by atoms with E-state index in [0.29, 0.717) is 5.69 Å². The number of carbonyl (C=O) groups excluding carboxylic acids is 1. The number of nitrogens with zero attached hydrogens (tertiary/aromatic N) is 2. The highest BCUT2D eigenvalue weighted by Gasteiger charge is 2.17. The van der Waals surface area contributed by atoms with E-state index in [9.17, 15) is 4.79 Å². The van der Waals surface area contributed by atoms with E-state index in [1.54, 1.807) is 0 Å². The summed E-state index contributed by atoms with van der Waals surface area (Å²) < 4.78 is 7.35. The average Bonchev–Trinajstić information content (AvgIpc) is 2.73. The number of fused-ring (bicyclic) bond motifs is 1. The Morgan fingerprint density at radius 3 is 2.68 bits per heavy atom. The van der Waals surface area contributed by atoms with Crippen molar-refractivity contribution in [3.05, 3.63) is 29.7 Å². The van der Waals surface area contributed by atoms with Crippen LogP contribution in [0, 0.1) is 0 Å². The van der Waals surface area contributed by atoms with Gasteiger partial charge in [0.2, 0.25) is 0 Å². The Kier molecular flexibility index (Phi) is 4.74. The zero-order valence-electron chi connectivity index (χ0n) is 14.1. The topological polar surface area (TPSA) is 55.6 Å². The number of imidazole rings is 1.